The Balaban J connectivity index is 1.72. The first-order valence-corrected chi connectivity index (χ1v) is 6.95. The van der Waals surface area contributed by atoms with Gasteiger partial charge in [0.05, 0.1) is 6.54 Å². The molecule has 21 heavy (non-hydrogen) atoms. The molecule has 4 heteroatoms. The predicted molar refractivity (Wildman–Crippen MR) is 82.7 cm³/mol. The summed E-state index contributed by atoms with van der Waals surface area (Å²) in [6.45, 7) is 4.86. The van der Waals surface area contributed by atoms with Crippen LogP contribution in [0.2, 0.25) is 0 Å². The second-order valence-electron chi connectivity index (χ2n) is 4.94. The molecule has 104 valence electrons. The van der Waals surface area contributed by atoms with E-state index in [0.717, 1.165) is 16.7 Å². The standard InChI is InChI=1S/C17H16N4/c1-13-9-10-16-17(14(13)2)20-21(19-16)12-6-4-8-15-7-3-5-11-18-15/h3,5,7,9-11H,6,12H2,1-2H3. The molecule has 0 saturated carbocycles. The van der Waals surface area contributed by atoms with Crippen molar-refractivity contribution in [2.45, 2.75) is 26.8 Å². The van der Waals surface area contributed by atoms with Crippen molar-refractivity contribution in [1.82, 2.24) is 20.0 Å². The van der Waals surface area contributed by atoms with Gasteiger partial charge in [0, 0.05) is 12.6 Å². The number of rotatable bonds is 2. The number of nitrogens with zero attached hydrogens (tertiary/aromatic N) is 4. The minimum absolute atomic E-state index is 0.688. The van der Waals surface area contributed by atoms with Crippen LogP contribution in [0.4, 0.5) is 0 Å². The summed E-state index contributed by atoms with van der Waals surface area (Å²) in [5, 5.41) is 9.02. The second-order valence-corrected chi connectivity index (χ2v) is 4.94. The smallest absolute Gasteiger partial charge is 0.116 e. The monoisotopic (exact) mass is 276 g/mol. The first-order valence-electron chi connectivity index (χ1n) is 6.95. The third kappa shape index (κ3) is 2.92. The SMILES string of the molecule is Cc1ccc2nn(CCC#Cc3ccccn3)nc2c1C. The van der Waals surface area contributed by atoms with Crippen molar-refractivity contribution in [1.29, 1.82) is 0 Å². The lowest BCUT2D eigenvalue weighted by atomic mass is 10.1. The van der Waals surface area contributed by atoms with Crippen LogP contribution in [0.15, 0.2) is 36.5 Å². The van der Waals surface area contributed by atoms with Crippen LogP contribution in [0.25, 0.3) is 11.0 Å². The lowest BCUT2D eigenvalue weighted by Gasteiger charge is -1.96. The lowest BCUT2D eigenvalue weighted by Crippen LogP contribution is -2.01. The van der Waals surface area contributed by atoms with E-state index in [-0.39, 0.29) is 0 Å². The van der Waals surface area contributed by atoms with Gasteiger partial charge in [0.25, 0.3) is 0 Å². The van der Waals surface area contributed by atoms with Gasteiger partial charge in [-0.3, -0.25) is 0 Å². The van der Waals surface area contributed by atoms with Crippen LogP contribution < -0.4 is 0 Å². The van der Waals surface area contributed by atoms with Crippen LogP contribution in [0.1, 0.15) is 23.2 Å². The van der Waals surface area contributed by atoms with E-state index >= 15 is 0 Å². The molecule has 1 aromatic carbocycles. The van der Waals surface area contributed by atoms with Crippen LogP contribution in [-0.2, 0) is 6.54 Å². The molecule has 0 N–H and O–H groups in total. The normalized spacial score (nSPS) is 10.4. The van der Waals surface area contributed by atoms with E-state index in [1.165, 1.54) is 11.1 Å². The molecular formula is C17H16N4. The van der Waals surface area contributed by atoms with Crippen molar-refractivity contribution in [3.8, 4) is 11.8 Å². The number of pyridine rings is 1. The highest BCUT2D eigenvalue weighted by atomic mass is 15.5. The largest absolute Gasteiger partial charge is 0.248 e. The van der Waals surface area contributed by atoms with Gasteiger partial charge in [-0.1, -0.05) is 18.1 Å². The van der Waals surface area contributed by atoms with Gasteiger partial charge in [0.2, 0.25) is 0 Å². The molecule has 0 amide bonds. The Morgan fingerprint density at radius 2 is 2.00 bits per heavy atom. The first-order chi connectivity index (χ1) is 10.2. The molecule has 0 aliphatic carbocycles. The Morgan fingerprint density at radius 3 is 2.81 bits per heavy atom. The van der Waals surface area contributed by atoms with E-state index in [1.54, 1.807) is 11.0 Å². The van der Waals surface area contributed by atoms with Crippen LogP contribution in [-0.4, -0.2) is 20.0 Å². The van der Waals surface area contributed by atoms with Crippen molar-refractivity contribution >= 4 is 11.0 Å². The van der Waals surface area contributed by atoms with E-state index in [0.29, 0.717) is 13.0 Å². The third-order valence-corrected chi connectivity index (χ3v) is 3.44. The Morgan fingerprint density at radius 1 is 1.10 bits per heavy atom. The minimum Gasteiger partial charge on any atom is -0.248 e. The molecule has 0 saturated heterocycles. The number of benzene rings is 1. The Hall–Kier alpha value is -2.67. The number of hydrogen-bond acceptors (Lipinski definition) is 3. The van der Waals surface area contributed by atoms with E-state index < -0.39 is 0 Å². The van der Waals surface area contributed by atoms with Gasteiger partial charge in [-0.25, -0.2) is 4.98 Å². The summed E-state index contributed by atoms with van der Waals surface area (Å²) in [5.41, 5.74) is 5.15. The van der Waals surface area contributed by atoms with Crippen molar-refractivity contribution < 1.29 is 0 Å². The molecule has 2 heterocycles. The Kier molecular flexibility index (Phi) is 3.65. The maximum Gasteiger partial charge on any atom is 0.116 e. The van der Waals surface area contributed by atoms with Gasteiger partial charge in [-0.15, -0.1) is 0 Å². The van der Waals surface area contributed by atoms with Crippen molar-refractivity contribution in [3.63, 3.8) is 0 Å². The summed E-state index contributed by atoms with van der Waals surface area (Å²) in [4.78, 5) is 5.89. The van der Waals surface area contributed by atoms with Gasteiger partial charge in [-0.05, 0) is 49.1 Å². The summed E-state index contributed by atoms with van der Waals surface area (Å²) in [6.07, 6.45) is 2.45. The van der Waals surface area contributed by atoms with E-state index in [9.17, 15) is 0 Å². The Labute approximate surface area is 123 Å². The zero-order valence-electron chi connectivity index (χ0n) is 12.2. The Bertz CT molecular complexity index is 822. The van der Waals surface area contributed by atoms with Crippen LogP contribution in [0, 0.1) is 25.7 Å². The van der Waals surface area contributed by atoms with E-state index in [4.69, 9.17) is 0 Å². The maximum absolute atomic E-state index is 4.54. The van der Waals surface area contributed by atoms with Crippen molar-refractivity contribution in [2.75, 3.05) is 0 Å². The lowest BCUT2D eigenvalue weighted by molar-refractivity contribution is 0.555. The molecular weight excluding hydrogens is 260 g/mol. The molecule has 0 radical (unpaired) electrons. The molecule has 2 aromatic heterocycles. The molecule has 0 spiro atoms. The number of hydrogen-bond donors (Lipinski definition) is 0. The summed E-state index contributed by atoms with van der Waals surface area (Å²) in [5.74, 6) is 6.15. The molecule has 0 bridgehead atoms. The molecule has 0 unspecified atom stereocenters. The zero-order valence-corrected chi connectivity index (χ0v) is 12.2. The second kappa shape index (κ2) is 5.76. The topological polar surface area (TPSA) is 43.6 Å². The molecule has 0 aliphatic heterocycles. The van der Waals surface area contributed by atoms with Crippen LogP contribution in [0.5, 0.6) is 0 Å². The van der Waals surface area contributed by atoms with Gasteiger partial charge < -0.3 is 0 Å². The van der Waals surface area contributed by atoms with Crippen LogP contribution >= 0.6 is 0 Å². The van der Waals surface area contributed by atoms with Gasteiger partial charge in [-0.2, -0.15) is 15.0 Å². The molecule has 0 atom stereocenters. The predicted octanol–water partition coefficient (Wildman–Crippen LogP) is 2.88. The molecule has 3 rings (SSSR count). The quantitative estimate of drug-likeness (QED) is 0.676. The number of fused-ring (bicyclic) bond motifs is 1. The fraction of sp³-hybridized carbons (Fsp3) is 0.235. The van der Waals surface area contributed by atoms with E-state index in [1.807, 2.05) is 24.3 Å². The third-order valence-electron chi connectivity index (χ3n) is 3.44. The summed E-state index contributed by atoms with van der Waals surface area (Å²) >= 11 is 0. The highest BCUT2D eigenvalue weighted by Gasteiger charge is 2.06. The fourth-order valence-electron chi connectivity index (χ4n) is 2.10. The minimum atomic E-state index is 0.688. The highest BCUT2D eigenvalue weighted by molar-refractivity contribution is 5.78. The summed E-state index contributed by atoms with van der Waals surface area (Å²) in [6, 6.07) is 9.82. The molecule has 0 aliphatic rings. The van der Waals surface area contributed by atoms with E-state index in [2.05, 4.69) is 46.9 Å². The van der Waals surface area contributed by atoms with Gasteiger partial charge in [0.15, 0.2) is 0 Å². The zero-order chi connectivity index (χ0) is 14.7. The van der Waals surface area contributed by atoms with Crippen molar-refractivity contribution in [3.05, 3.63) is 53.3 Å². The maximum atomic E-state index is 4.54. The number of aryl methyl sites for hydroxylation is 3. The molecule has 4 nitrogen and oxygen atoms in total. The molecule has 0 fully saturated rings. The van der Waals surface area contributed by atoms with Crippen LogP contribution in [0.3, 0.4) is 0 Å². The summed E-state index contributed by atoms with van der Waals surface area (Å²) < 4.78 is 0. The van der Waals surface area contributed by atoms with Crippen molar-refractivity contribution in [2.24, 2.45) is 0 Å². The summed E-state index contributed by atoms with van der Waals surface area (Å²) in [7, 11) is 0. The fourth-order valence-corrected chi connectivity index (χ4v) is 2.10. The molecule has 3 aromatic rings. The average molecular weight is 276 g/mol. The first kappa shape index (κ1) is 13.3. The number of aromatic nitrogens is 4. The highest BCUT2D eigenvalue weighted by Crippen LogP contribution is 2.17. The van der Waals surface area contributed by atoms with Gasteiger partial charge in [0.1, 0.15) is 16.7 Å². The van der Waals surface area contributed by atoms with Gasteiger partial charge >= 0.3 is 0 Å². The average Bonchev–Trinajstić information content (AvgIpc) is 2.93.